The summed E-state index contributed by atoms with van der Waals surface area (Å²) in [6.45, 7) is 8.86. The van der Waals surface area contributed by atoms with E-state index in [0.717, 1.165) is 12.8 Å². The number of carboxylic acids is 1. The molecule has 0 heterocycles. The first-order valence-electron chi connectivity index (χ1n) is 8.29. The lowest BCUT2D eigenvalue weighted by molar-refractivity contribution is -0.144. The smallest absolute Gasteiger partial charge is 0.323 e. The van der Waals surface area contributed by atoms with Crippen LogP contribution < -0.4 is 5.32 Å². The molecule has 2 rings (SSSR count). The average Bonchev–Trinajstić information content (AvgIpc) is 2.89. The number of benzene rings is 1. The Hall–Kier alpha value is -1.35. The van der Waals surface area contributed by atoms with Crippen LogP contribution in [0.5, 0.6) is 0 Å². The van der Waals surface area contributed by atoms with Gasteiger partial charge in [-0.2, -0.15) is 0 Å². The molecule has 0 saturated heterocycles. The fraction of sp³-hybridized carbons (Fsp3) is 0.632. The largest absolute Gasteiger partial charge is 0.480 e. The van der Waals surface area contributed by atoms with Crippen LogP contribution in [0.1, 0.15) is 63.6 Å². The molecule has 0 spiro atoms. The van der Waals surface area contributed by atoms with Crippen LogP contribution in [-0.4, -0.2) is 16.6 Å². The van der Waals surface area contributed by atoms with Crippen molar-refractivity contribution < 1.29 is 9.90 Å². The van der Waals surface area contributed by atoms with Crippen LogP contribution in [-0.2, 0) is 24.2 Å². The van der Waals surface area contributed by atoms with Gasteiger partial charge in [0.05, 0.1) is 0 Å². The van der Waals surface area contributed by atoms with E-state index in [4.69, 9.17) is 0 Å². The predicted octanol–water partition coefficient (Wildman–Crippen LogP) is 3.93. The van der Waals surface area contributed by atoms with Gasteiger partial charge in [0.1, 0.15) is 5.54 Å². The van der Waals surface area contributed by atoms with Gasteiger partial charge in [0.2, 0.25) is 0 Å². The number of carbonyl (C=O) groups is 1. The maximum atomic E-state index is 11.7. The molecule has 0 radical (unpaired) electrons. The highest BCUT2D eigenvalue weighted by Crippen LogP contribution is 2.27. The normalized spacial score (nSPS) is 17.1. The number of rotatable bonds is 6. The van der Waals surface area contributed by atoms with Crippen molar-refractivity contribution in [2.75, 3.05) is 0 Å². The molecule has 1 aromatic rings. The lowest BCUT2D eigenvalue weighted by Gasteiger charge is -2.30. The van der Waals surface area contributed by atoms with Crippen LogP contribution >= 0.6 is 0 Å². The highest BCUT2D eigenvalue weighted by molar-refractivity contribution is 5.78. The molecule has 2 N–H and O–H groups in total. The van der Waals surface area contributed by atoms with Crippen LogP contribution in [0, 0.1) is 5.41 Å². The second kappa shape index (κ2) is 6.41. The number of nitrogens with one attached hydrogen (secondary N) is 1. The number of hydrogen-bond donors (Lipinski definition) is 2. The van der Waals surface area contributed by atoms with Gasteiger partial charge in [0.25, 0.3) is 0 Å². The summed E-state index contributed by atoms with van der Waals surface area (Å²) in [5.41, 5.74) is 3.35. The molecule has 1 aliphatic carbocycles. The molecule has 122 valence electrons. The van der Waals surface area contributed by atoms with E-state index in [1.54, 1.807) is 6.92 Å². The first-order chi connectivity index (χ1) is 10.2. The van der Waals surface area contributed by atoms with Gasteiger partial charge in [0, 0.05) is 6.54 Å². The van der Waals surface area contributed by atoms with Crippen molar-refractivity contribution in [3.63, 3.8) is 0 Å². The Labute approximate surface area is 134 Å². The minimum Gasteiger partial charge on any atom is -0.480 e. The number of fused-ring (bicyclic) bond motifs is 1. The first-order valence-corrected chi connectivity index (χ1v) is 8.29. The summed E-state index contributed by atoms with van der Waals surface area (Å²) in [5, 5.41) is 12.9. The van der Waals surface area contributed by atoms with E-state index >= 15 is 0 Å². The highest BCUT2D eigenvalue weighted by Gasteiger charge is 2.33. The van der Waals surface area contributed by atoms with Crippen LogP contribution in [0.25, 0.3) is 0 Å². The number of aliphatic carboxylic acids is 1. The van der Waals surface area contributed by atoms with Crippen LogP contribution in [0.2, 0.25) is 0 Å². The van der Waals surface area contributed by atoms with Crippen LogP contribution in [0.3, 0.4) is 0 Å². The summed E-state index contributed by atoms with van der Waals surface area (Å²) in [6.07, 6.45) is 5.10. The van der Waals surface area contributed by atoms with E-state index in [9.17, 15) is 9.90 Å². The standard InChI is InChI=1S/C19H29NO2/c1-18(2,3)10-11-19(4,17(21)22)20-13-14-8-9-15-6-5-7-16(15)12-14/h8-9,12,20H,5-7,10-11,13H2,1-4H3,(H,21,22)/t19-/m0/s1. The fourth-order valence-electron chi connectivity index (χ4n) is 2.93. The van der Waals surface area contributed by atoms with Crippen molar-refractivity contribution in [2.45, 2.75) is 71.9 Å². The summed E-state index contributed by atoms with van der Waals surface area (Å²) in [5.74, 6) is -0.766. The zero-order valence-corrected chi connectivity index (χ0v) is 14.3. The molecular formula is C19H29NO2. The van der Waals surface area contributed by atoms with Crippen molar-refractivity contribution in [3.8, 4) is 0 Å². The quantitative estimate of drug-likeness (QED) is 0.837. The van der Waals surface area contributed by atoms with Crippen molar-refractivity contribution in [1.82, 2.24) is 5.32 Å². The maximum Gasteiger partial charge on any atom is 0.323 e. The average molecular weight is 303 g/mol. The van der Waals surface area contributed by atoms with Gasteiger partial charge in [-0.3, -0.25) is 10.1 Å². The Balaban J connectivity index is 2.01. The van der Waals surface area contributed by atoms with E-state index in [-0.39, 0.29) is 5.41 Å². The van der Waals surface area contributed by atoms with Crippen molar-refractivity contribution >= 4 is 5.97 Å². The third kappa shape index (κ3) is 4.33. The Morgan fingerprint density at radius 1 is 1.14 bits per heavy atom. The molecule has 0 aromatic heterocycles. The number of hydrogen-bond acceptors (Lipinski definition) is 2. The predicted molar refractivity (Wildman–Crippen MR) is 90.0 cm³/mol. The van der Waals surface area contributed by atoms with Gasteiger partial charge >= 0.3 is 5.97 Å². The molecule has 0 fully saturated rings. The zero-order chi connectivity index (χ0) is 16.4. The fourth-order valence-corrected chi connectivity index (χ4v) is 2.93. The topological polar surface area (TPSA) is 49.3 Å². The van der Waals surface area contributed by atoms with Gasteiger partial charge in [-0.05, 0) is 61.1 Å². The second-order valence-electron chi connectivity index (χ2n) is 8.01. The molecule has 1 atom stereocenters. The Morgan fingerprint density at radius 3 is 2.45 bits per heavy atom. The van der Waals surface area contributed by atoms with Crippen molar-refractivity contribution in [3.05, 3.63) is 34.9 Å². The first kappa shape index (κ1) is 17.0. The lowest BCUT2D eigenvalue weighted by Crippen LogP contribution is -2.49. The van der Waals surface area contributed by atoms with E-state index in [0.29, 0.717) is 13.0 Å². The van der Waals surface area contributed by atoms with Gasteiger partial charge in [-0.15, -0.1) is 0 Å². The minimum absolute atomic E-state index is 0.145. The van der Waals surface area contributed by atoms with Crippen LogP contribution in [0.4, 0.5) is 0 Å². The lowest BCUT2D eigenvalue weighted by atomic mass is 9.84. The molecule has 1 aliphatic rings. The molecule has 3 nitrogen and oxygen atoms in total. The molecule has 0 aliphatic heterocycles. The molecule has 0 unspecified atom stereocenters. The van der Waals surface area contributed by atoms with Crippen molar-refractivity contribution in [1.29, 1.82) is 0 Å². The molecule has 22 heavy (non-hydrogen) atoms. The highest BCUT2D eigenvalue weighted by atomic mass is 16.4. The molecule has 0 saturated carbocycles. The SMILES string of the molecule is CC(C)(C)CC[C@](C)(NCc1ccc2c(c1)CCC2)C(=O)O. The zero-order valence-electron chi connectivity index (χ0n) is 14.3. The summed E-state index contributed by atoms with van der Waals surface area (Å²) in [6, 6.07) is 6.57. The van der Waals surface area contributed by atoms with E-state index in [1.165, 1.54) is 29.5 Å². The second-order valence-corrected chi connectivity index (χ2v) is 8.01. The summed E-state index contributed by atoms with van der Waals surface area (Å²) in [4.78, 5) is 11.7. The molecule has 3 heteroatoms. The number of carboxylic acid groups (broad SMARTS) is 1. The van der Waals surface area contributed by atoms with E-state index < -0.39 is 11.5 Å². The Kier molecular flexibility index (Phi) is 4.96. The minimum atomic E-state index is -0.869. The van der Waals surface area contributed by atoms with Gasteiger partial charge < -0.3 is 5.11 Å². The van der Waals surface area contributed by atoms with Crippen molar-refractivity contribution in [2.24, 2.45) is 5.41 Å². The summed E-state index contributed by atoms with van der Waals surface area (Å²) in [7, 11) is 0. The van der Waals surface area contributed by atoms with Crippen LogP contribution in [0.15, 0.2) is 18.2 Å². The molecule has 1 aromatic carbocycles. The van der Waals surface area contributed by atoms with E-state index in [1.807, 2.05) is 0 Å². The van der Waals surface area contributed by atoms with E-state index in [2.05, 4.69) is 44.3 Å². The molecular weight excluding hydrogens is 274 g/mol. The number of aryl methyl sites for hydroxylation is 2. The third-order valence-corrected chi connectivity index (χ3v) is 4.69. The summed E-state index contributed by atoms with van der Waals surface area (Å²) >= 11 is 0. The Bertz CT molecular complexity index is 545. The third-order valence-electron chi connectivity index (χ3n) is 4.69. The molecule has 0 amide bonds. The molecule has 0 bridgehead atoms. The van der Waals surface area contributed by atoms with Gasteiger partial charge in [-0.25, -0.2) is 0 Å². The Morgan fingerprint density at radius 2 is 1.82 bits per heavy atom. The summed E-state index contributed by atoms with van der Waals surface area (Å²) < 4.78 is 0. The maximum absolute atomic E-state index is 11.7. The monoisotopic (exact) mass is 303 g/mol. The van der Waals surface area contributed by atoms with Gasteiger partial charge in [0.15, 0.2) is 0 Å². The van der Waals surface area contributed by atoms with Gasteiger partial charge in [-0.1, -0.05) is 39.0 Å².